The van der Waals surface area contributed by atoms with Crippen LogP contribution in [0.15, 0.2) is 176 Å². The summed E-state index contributed by atoms with van der Waals surface area (Å²) in [5, 5.41) is 5.65. The van der Waals surface area contributed by atoms with Gasteiger partial charge in [0.25, 0.3) is 0 Å². The monoisotopic (exact) mass is 666 g/mol. The largest absolute Gasteiger partial charge is 0.307 e. The fourth-order valence-electron chi connectivity index (χ4n) is 7.37. The van der Waals surface area contributed by atoms with Gasteiger partial charge in [0.15, 0.2) is 0 Å². The van der Waals surface area contributed by atoms with Gasteiger partial charge >= 0.3 is 0 Å². The van der Waals surface area contributed by atoms with Gasteiger partial charge in [-0.15, -0.1) is 0 Å². The third-order valence-corrected chi connectivity index (χ3v) is 9.60. The second-order valence-electron chi connectivity index (χ2n) is 12.5. The molecular weight excluding hydrogens is 638 g/mol. The van der Waals surface area contributed by atoms with Crippen LogP contribution in [-0.4, -0.2) is 0 Å². The zero-order valence-electron chi connectivity index (χ0n) is 27.3. The predicted octanol–water partition coefficient (Wildman–Crippen LogP) is 13.6. The van der Waals surface area contributed by atoms with Crippen LogP contribution in [0.25, 0.3) is 43.4 Å². The van der Waals surface area contributed by atoms with Crippen molar-refractivity contribution < 1.29 is 13.2 Å². The summed E-state index contributed by atoms with van der Waals surface area (Å²) in [6.07, 6.45) is 0. The Bertz CT molecular complexity index is 2650. The molecule has 0 fully saturated rings. The number of hydrogen-bond donors (Lipinski definition) is 0. The topological polar surface area (TPSA) is 6.48 Å². The average Bonchev–Trinajstić information content (AvgIpc) is 3.17. The van der Waals surface area contributed by atoms with Crippen molar-refractivity contribution in [1.82, 2.24) is 0 Å². The van der Waals surface area contributed by atoms with Crippen molar-refractivity contribution in [1.29, 1.82) is 0 Å². The van der Waals surface area contributed by atoms with Gasteiger partial charge in [0.1, 0.15) is 17.5 Å². The molecule has 0 aromatic heterocycles. The molecule has 244 valence electrons. The van der Waals surface area contributed by atoms with E-state index in [2.05, 4.69) is 18.2 Å². The molecule has 0 aliphatic heterocycles. The Balaban J connectivity index is 1.34. The van der Waals surface area contributed by atoms with E-state index in [1.165, 1.54) is 18.2 Å². The Morgan fingerprint density at radius 3 is 1.37 bits per heavy atom. The average molecular weight is 667 g/mol. The lowest BCUT2D eigenvalue weighted by Gasteiger charge is -2.30. The first kappa shape index (κ1) is 30.5. The van der Waals surface area contributed by atoms with Crippen molar-refractivity contribution in [3.8, 4) is 11.1 Å². The number of benzene rings is 9. The molecule has 0 aliphatic carbocycles. The van der Waals surface area contributed by atoms with E-state index in [9.17, 15) is 0 Å². The maximum atomic E-state index is 16.4. The quantitative estimate of drug-likeness (QED) is 0.156. The molecule has 0 heterocycles. The van der Waals surface area contributed by atoms with E-state index in [-0.39, 0.29) is 17.2 Å². The van der Waals surface area contributed by atoms with Crippen LogP contribution in [0.3, 0.4) is 0 Å². The van der Waals surface area contributed by atoms with Crippen molar-refractivity contribution in [3.63, 3.8) is 0 Å². The Morgan fingerprint density at radius 1 is 0.333 bits per heavy atom. The third kappa shape index (κ3) is 5.05. The summed E-state index contributed by atoms with van der Waals surface area (Å²) < 4.78 is 47.6. The van der Waals surface area contributed by atoms with E-state index in [0.29, 0.717) is 11.4 Å². The highest BCUT2D eigenvalue weighted by Gasteiger charge is 2.26. The molecule has 51 heavy (non-hydrogen) atoms. The minimum Gasteiger partial charge on any atom is -0.307 e. The standard InChI is InChI=1S/C46H29F3N2/c47-37-17-7-9-20-42(37)51(43-21-10-8-18-38(43)48)41-29-25-32-22-26-35-40(28-24-31-23-27-36(41)45(32)44(31)35)50(33-14-5-2-6-15-33)46-34(16-11-19-39(46)49)30-12-3-1-4-13-30/h1-29H. The van der Waals surface area contributed by atoms with E-state index in [0.717, 1.165) is 54.8 Å². The first-order valence-electron chi connectivity index (χ1n) is 16.8. The number of halogens is 3. The van der Waals surface area contributed by atoms with E-state index in [1.807, 2.05) is 102 Å². The molecule has 0 bridgehead atoms. The summed E-state index contributed by atoms with van der Waals surface area (Å²) in [5.41, 5.74) is 4.82. The highest BCUT2D eigenvalue weighted by Crippen LogP contribution is 2.49. The van der Waals surface area contributed by atoms with Crippen LogP contribution < -0.4 is 9.80 Å². The number of rotatable bonds is 7. The van der Waals surface area contributed by atoms with Gasteiger partial charge in [0.2, 0.25) is 0 Å². The highest BCUT2D eigenvalue weighted by molar-refractivity contribution is 6.28. The molecule has 0 saturated heterocycles. The molecule has 9 aromatic carbocycles. The molecule has 9 rings (SSSR count). The lowest BCUT2D eigenvalue weighted by Crippen LogP contribution is -2.14. The Hall–Kier alpha value is -6.59. The molecule has 0 N–H and O–H groups in total. The van der Waals surface area contributed by atoms with Gasteiger partial charge in [0.05, 0.1) is 28.4 Å². The summed E-state index contributed by atoms with van der Waals surface area (Å²) in [4.78, 5) is 3.65. The number of hydrogen-bond acceptors (Lipinski definition) is 2. The number of anilines is 6. The smallest absolute Gasteiger partial charge is 0.147 e. The predicted molar refractivity (Wildman–Crippen MR) is 205 cm³/mol. The van der Waals surface area contributed by atoms with Gasteiger partial charge < -0.3 is 9.80 Å². The van der Waals surface area contributed by atoms with Gasteiger partial charge in [-0.1, -0.05) is 121 Å². The van der Waals surface area contributed by atoms with Crippen molar-refractivity contribution in [2.45, 2.75) is 0 Å². The normalized spacial score (nSPS) is 11.4. The van der Waals surface area contributed by atoms with Crippen LogP contribution in [0.2, 0.25) is 0 Å². The van der Waals surface area contributed by atoms with Gasteiger partial charge in [-0.25, -0.2) is 13.2 Å². The van der Waals surface area contributed by atoms with E-state index < -0.39 is 11.6 Å². The van der Waals surface area contributed by atoms with Crippen molar-refractivity contribution in [2.75, 3.05) is 9.80 Å². The summed E-state index contributed by atoms with van der Waals surface area (Å²) in [6.45, 7) is 0. The summed E-state index contributed by atoms with van der Waals surface area (Å²) in [5.74, 6) is -1.28. The molecule has 0 spiro atoms. The van der Waals surface area contributed by atoms with E-state index >= 15 is 13.2 Å². The van der Waals surface area contributed by atoms with Gasteiger partial charge in [-0.05, 0) is 81.7 Å². The molecule has 0 aliphatic rings. The maximum absolute atomic E-state index is 16.4. The van der Waals surface area contributed by atoms with E-state index in [4.69, 9.17) is 0 Å². The molecule has 0 saturated carbocycles. The van der Waals surface area contributed by atoms with Crippen molar-refractivity contribution >= 4 is 66.4 Å². The molecular formula is C46H29F3N2. The number of para-hydroxylation sites is 4. The molecule has 2 nitrogen and oxygen atoms in total. The minimum absolute atomic E-state index is 0.238. The lowest BCUT2D eigenvalue weighted by molar-refractivity contribution is 0.619. The molecule has 9 aromatic rings. The third-order valence-electron chi connectivity index (χ3n) is 9.60. The SMILES string of the molecule is Fc1ccccc1N(c1ccccc1F)c1ccc2ccc3c(N(c4ccccc4)c4c(F)cccc4-c4ccccc4)ccc4ccc1c2c43. The van der Waals surface area contributed by atoms with Gasteiger partial charge in [0, 0.05) is 22.0 Å². The van der Waals surface area contributed by atoms with Crippen LogP contribution in [0.1, 0.15) is 0 Å². The van der Waals surface area contributed by atoms with Gasteiger partial charge in [-0.3, -0.25) is 0 Å². The molecule has 0 unspecified atom stereocenters. The summed E-state index contributed by atoms with van der Waals surface area (Å²) >= 11 is 0. The second kappa shape index (κ2) is 12.4. The number of nitrogens with zero attached hydrogens (tertiary/aromatic N) is 2. The second-order valence-corrected chi connectivity index (χ2v) is 12.5. The Kier molecular flexibility index (Phi) is 7.40. The summed E-state index contributed by atoms with van der Waals surface area (Å²) in [6, 6.07) is 53.9. The van der Waals surface area contributed by atoms with Crippen LogP contribution in [0.5, 0.6) is 0 Å². The molecule has 0 amide bonds. The van der Waals surface area contributed by atoms with E-state index in [1.54, 1.807) is 47.4 Å². The van der Waals surface area contributed by atoms with Crippen molar-refractivity contribution in [2.24, 2.45) is 0 Å². The lowest BCUT2D eigenvalue weighted by atomic mass is 9.91. The Morgan fingerprint density at radius 2 is 0.804 bits per heavy atom. The fourth-order valence-corrected chi connectivity index (χ4v) is 7.37. The van der Waals surface area contributed by atoms with Crippen LogP contribution >= 0.6 is 0 Å². The highest BCUT2D eigenvalue weighted by atomic mass is 19.1. The molecule has 0 atom stereocenters. The summed E-state index contributed by atoms with van der Waals surface area (Å²) in [7, 11) is 0. The van der Waals surface area contributed by atoms with Crippen molar-refractivity contribution in [3.05, 3.63) is 193 Å². The van der Waals surface area contributed by atoms with Crippen LogP contribution in [0, 0.1) is 17.5 Å². The Labute approximate surface area is 293 Å². The fraction of sp³-hybridized carbons (Fsp3) is 0. The zero-order chi connectivity index (χ0) is 34.5. The van der Waals surface area contributed by atoms with Crippen LogP contribution in [-0.2, 0) is 0 Å². The first-order chi connectivity index (χ1) is 25.1. The molecule has 0 radical (unpaired) electrons. The first-order valence-corrected chi connectivity index (χ1v) is 16.8. The van der Waals surface area contributed by atoms with Crippen LogP contribution in [0.4, 0.5) is 47.3 Å². The minimum atomic E-state index is -0.466. The maximum Gasteiger partial charge on any atom is 0.147 e. The molecule has 5 heteroatoms. The zero-order valence-corrected chi connectivity index (χ0v) is 27.3. The van der Waals surface area contributed by atoms with Gasteiger partial charge in [-0.2, -0.15) is 0 Å².